The molecule has 3 aromatic rings. The summed E-state index contributed by atoms with van der Waals surface area (Å²) in [5.74, 6) is -4.70. The molecular formula is C25H21F3O6. The molecule has 0 saturated carbocycles. The maximum absolute atomic E-state index is 13.7. The van der Waals surface area contributed by atoms with E-state index in [2.05, 4.69) is 6.58 Å². The number of ether oxygens (including phenoxy) is 1. The van der Waals surface area contributed by atoms with Gasteiger partial charge in [0.1, 0.15) is 5.75 Å². The van der Waals surface area contributed by atoms with E-state index in [9.17, 15) is 38.7 Å². The fraction of sp³-hybridized carbons (Fsp3) is 0.120. The van der Waals surface area contributed by atoms with Crippen molar-refractivity contribution >= 4 is 18.2 Å². The van der Waals surface area contributed by atoms with Crippen molar-refractivity contribution in [2.75, 3.05) is 7.11 Å². The summed E-state index contributed by atoms with van der Waals surface area (Å²) in [4.78, 5) is 0. The lowest BCUT2D eigenvalue weighted by atomic mass is 9.93. The maximum Gasteiger partial charge on any atom is 0.417 e. The van der Waals surface area contributed by atoms with Crippen molar-refractivity contribution in [3.63, 3.8) is 0 Å². The third kappa shape index (κ3) is 4.19. The second kappa shape index (κ2) is 8.93. The van der Waals surface area contributed by atoms with Gasteiger partial charge in [0.05, 0.1) is 18.2 Å². The van der Waals surface area contributed by atoms with E-state index >= 15 is 0 Å². The van der Waals surface area contributed by atoms with E-state index < -0.39 is 40.5 Å². The smallest absolute Gasteiger partial charge is 0.417 e. The highest BCUT2D eigenvalue weighted by Crippen LogP contribution is 2.55. The summed E-state index contributed by atoms with van der Waals surface area (Å²) in [6.07, 6.45) is -0.726. The lowest BCUT2D eigenvalue weighted by Gasteiger charge is -2.16. The number of rotatable bonds is 5. The van der Waals surface area contributed by atoms with Crippen molar-refractivity contribution in [3.05, 3.63) is 64.7 Å². The first kappa shape index (κ1) is 24.4. The Balaban J connectivity index is 2.18. The van der Waals surface area contributed by atoms with Gasteiger partial charge < -0.3 is 30.3 Å². The van der Waals surface area contributed by atoms with Gasteiger partial charge in [-0.05, 0) is 41.3 Å². The van der Waals surface area contributed by atoms with Crippen LogP contribution in [0.25, 0.3) is 29.4 Å². The zero-order chi connectivity index (χ0) is 25.4. The third-order valence-corrected chi connectivity index (χ3v) is 5.39. The molecule has 178 valence electrons. The number of benzene rings is 3. The minimum atomic E-state index is -4.64. The molecule has 0 bridgehead atoms. The van der Waals surface area contributed by atoms with Crippen LogP contribution in [0, 0.1) is 6.92 Å². The minimum absolute atomic E-state index is 0.162. The van der Waals surface area contributed by atoms with Crippen molar-refractivity contribution in [2.24, 2.45) is 0 Å². The van der Waals surface area contributed by atoms with E-state index in [0.29, 0.717) is 11.1 Å². The van der Waals surface area contributed by atoms with E-state index in [4.69, 9.17) is 4.74 Å². The molecule has 34 heavy (non-hydrogen) atoms. The molecule has 0 aliphatic heterocycles. The van der Waals surface area contributed by atoms with Crippen LogP contribution in [0.5, 0.6) is 34.5 Å². The summed E-state index contributed by atoms with van der Waals surface area (Å²) in [5, 5.41) is 49.8. The molecule has 0 aliphatic rings. The SMILES string of the molecule is C=Cc1cc(C(F)(F)F)c(/C=C/c2cccc(-c3c(O)c(O)c(O)c(O)c3O)c2C)cc1OC. The highest BCUT2D eigenvalue weighted by molar-refractivity contribution is 5.88. The van der Waals surface area contributed by atoms with Gasteiger partial charge in [0, 0.05) is 5.56 Å². The maximum atomic E-state index is 13.7. The highest BCUT2D eigenvalue weighted by Gasteiger charge is 2.33. The van der Waals surface area contributed by atoms with E-state index in [1.807, 2.05) is 0 Å². The second-order valence-corrected chi connectivity index (χ2v) is 7.35. The Kier molecular flexibility index (Phi) is 6.40. The molecule has 0 amide bonds. The number of aromatic hydroxyl groups is 5. The van der Waals surface area contributed by atoms with Crippen molar-refractivity contribution < 1.29 is 43.4 Å². The Morgan fingerprint density at radius 1 is 0.824 bits per heavy atom. The Hall–Kier alpha value is -4.27. The largest absolute Gasteiger partial charge is 0.504 e. The first-order valence-corrected chi connectivity index (χ1v) is 9.80. The van der Waals surface area contributed by atoms with Gasteiger partial charge in [0.2, 0.25) is 17.2 Å². The van der Waals surface area contributed by atoms with Gasteiger partial charge in [-0.25, -0.2) is 0 Å². The number of methoxy groups -OCH3 is 1. The van der Waals surface area contributed by atoms with Crippen molar-refractivity contribution in [1.82, 2.24) is 0 Å². The summed E-state index contributed by atoms with van der Waals surface area (Å²) in [7, 11) is 1.33. The van der Waals surface area contributed by atoms with Gasteiger partial charge in [-0.2, -0.15) is 13.2 Å². The van der Waals surface area contributed by atoms with Gasteiger partial charge >= 0.3 is 6.18 Å². The molecule has 3 aromatic carbocycles. The topological polar surface area (TPSA) is 110 Å². The van der Waals surface area contributed by atoms with Crippen molar-refractivity contribution in [1.29, 1.82) is 0 Å². The molecule has 0 atom stereocenters. The van der Waals surface area contributed by atoms with Crippen LogP contribution in [-0.4, -0.2) is 32.6 Å². The molecule has 0 heterocycles. The Labute approximate surface area is 192 Å². The fourth-order valence-electron chi connectivity index (χ4n) is 3.56. The van der Waals surface area contributed by atoms with E-state index in [0.717, 1.165) is 6.07 Å². The number of phenolic OH excluding ortho intramolecular Hbond substituents is 5. The average molecular weight is 474 g/mol. The first-order chi connectivity index (χ1) is 15.9. The number of alkyl halides is 3. The fourth-order valence-corrected chi connectivity index (χ4v) is 3.56. The van der Waals surface area contributed by atoms with Crippen LogP contribution in [0.2, 0.25) is 0 Å². The molecule has 5 N–H and O–H groups in total. The zero-order valence-electron chi connectivity index (χ0n) is 18.1. The van der Waals surface area contributed by atoms with E-state index in [1.54, 1.807) is 13.0 Å². The average Bonchev–Trinajstić information content (AvgIpc) is 2.80. The number of hydrogen-bond donors (Lipinski definition) is 5. The molecule has 0 fully saturated rings. The second-order valence-electron chi connectivity index (χ2n) is 7.35. The number of halogens is 3. The van der Waals surface area contributed by atoms with Crippen LogP contribution in [0.4, 0.5) is 13.2 Å². The Morgan fingerprint density at radius 2 is 1.38 bits per heavy atom. The predicted molar refractivity (Wildman–Crippen MR) is 122 cm³/mol. The van der Waals surface area contributed by atoms with Crippen LogP contribution in [0.1, 0.15) is 27.8 Å². The highest BCUT2D eigenvalue weighted by atomic mass is 19.4. The van der Waals surface area contributed by atoms with Crippen LogP contribution in [0.3, 0.4) is 0 Å². The molecule has 0 saturated heterocycles. The van der Waals surface area contributed by atoms with Gasteiger partial charge in [0.15, 0.2) is 11.5 Å². The van der Waals surface area contributed by atoms with Gasteiger partial charge in [-0.1, -0.05) is 43.0 Å². The number of hydrogen-bond acceptors (Lipinski definition) is 6. The molecule has 0 aromatic heterocycles. The molecular weight excluding hydrogens is 453 g/mol. The summed E-state index contributed by atoms with van der Waals surface area (Å²) in [6.45, 7) is 5.08. The molecule has 3 rings (SSSR count). The monoisotopic (exact) mass is 474 g/mol. The molecule has 0 unspecified atom stereocenters. The zero-order valence-corrected chi connectivity index (χ0v) is 18.1. The normalized spacial score (nSPS) is 11.7. The Bertz CT molecular complexity index is 1280. The van der Waals surface area contributed by atoms with Crippen molar-refractivity contribution in [2.45, 2.75) is 13.1 Å². The summed E-state index contributed by atoms with van der Waals surface area (Å²) >= 11 is 0. The van der Waals surface area contributed by atoms with Crippen LogP contribution in [-0.2, 0) is 6.18 Å². The summed E-state index contributed by atoms with van der Waals surface area (Å²) in [5.41, 5.74) is -0.238. The van der Waals surface area contributed by atoms with Crippen LogP contribution < -0.4 is 4.74 Å². The molecule has 0 spiro atoms. The standard InChI is InChI=1S/C25H21F3O6/c1-4-13-10-17(25(26,27)28)15(11-18(13)34-3)9-8-14-6-5-7-16(12(14)2)19-20(29)22(31)24(33)23(32)21(19)30/h4-11,29-33H,1H2,2-3H3/b9-8+. The quantitative estimate of drug-likeness (QED) is 0.175. The molecule has 6 nitrogen and oxygen atoms in total. The van der Waals surface area contributed by atoms with Crippen LogP contribution >= 0.6 is 0 Å². The van der Waals surface area contributed by atoms with Gasteiger partial charge in [-0.15, -0.1) is 0 Å². The van der Waals surface area contributed by atoms with E-state index in [1.165, 1.54) is 43.5 Å². The number of phenols is 5. The predicted octanol–water partition coefficient (Wildman–Crippen LogP) is 6.03. The summed E-state index contributed by atoms with van der Waals surface area (Å²) in [6, 6.07) is 6.73. The molecule has 9 heteroatoms. The van der Waals surface area contributed by atoms with Gasteiger partial charge in [0.25, 0.3) is 0 Å². The lowest BCUT2D eigenvalue weighted by molar-refractivity contribution is -0.137. The van der Waals surface area contributed by atoms with Gasteiger partial charge in [-0.3, -0.25) is 0 Å². The third-order valence-electron chi connectivity index (χ3n) is 5.39. The summed E-state index contributed by atoms with van der Waals surface area (Å²) < 4.78 is 46.1. The molecule has 0 radical (unpaired) electrons. The van der Waals surface area contributed by atoms with Crippen LogP contribution in [0.15, 0.2) is 36.9 Å². The van der Waals surface area contributed by atoms with Crippen molar-refractivity contribution in [3.8, 4) is 45.6 Å². The first-order valence-electron chi connectivity index (χ1n) is 9.80. The lowest BCUT2D eigenvalue weighted by Crippen LogP contribution is -2.08. The molecule has 0 aliphatic carbocycles. The van der Waals surface area contributed by atoms with E-state index in [-0.39, 0.29) is 28.0 Å². The minimum Gasteiger partial charge on any atom is -0.504 e. The Morgan fingerprint density at radius 3 is 1.91 bits per heavy atom.